The molecule has 1 aromatic heterocycles. The summed E-state index contributed by atoms with van der Waals surface area (Å²) in [7, 11) is -3.47. The van der Waals surface area contributed by atoms with Gasteiger partial charge in [-0.2, -0.15) is 0 Å². The first-order chi connectivity index (χ1) is 16.5. The molecule has 0 aliphatic carbocycles. The van der Waals surface area contributed by atoms with Crippen LogP contribution in [0.2, 0.25) is 5.02 Å². The predicted octanol–water partition coefficient (Wildman–Crippen LogP) is 6.28. The fourth-order valence-corrected chi connectivity index (χ4v) is 5.98. The number of sulfonamides is 1. The van der Waals surface area contributed by atoms with Crippen molar-refractivity contribution in [2.24, 2.45) is 0 Å². The monoisotopic (exact) mass is 513 g/mol. The smallest absolute Gasteiger partial charge is 0.240 e. The van der Waals surface area contributed by atoms with Crippen molar-refractivity contribution in [3.8, 4) is 0 Å². The molecule has 7 heteroatoms. The Morgan fingerprint density at radius 3 is 2.49 bits per heavy atom. The second kappa shape index (κ2) is 10.5. The van der Waals surface area contributed by atoms with E-state index in [9.17, 15) is 8.42 Å². The first kappa shape index (κ1) is 26.0. The lowest BCUT2D eigenvalue weighted by atomic mass is 9.87. The van der Waals surface area contributed by atoms with Crippen molar-refractivity contribution in [1.29, 1.82) is 0 Å². The SMILES string of the molecule is Cc1[nH]c2ccc(Cl)cc2c1C1=CCN(CCCCNS(=O)(=O)c2ccc(C(C)(C)C)cc2)CC1. The second-order valence-corrected chi connectivity index (χ2v) is 12.7. The number of fused-ring (bicyclic) bond motifs is 1. The third-order valence-electron chi connectivity index (χ3n) is 6.79. The number of nitrogens with zero attached hydrogens (tertiary/aromatic N) is 1. The summed E-state index contributed by atoms with van der Waals surface area (Å²) < 4.78 is 28.0. The van der Waals surface area contributed by atoms with E-state index in [0.717, 1.165) is 55.0 Å². The molecule has 188 valence electrons. The third-order valence-corrected chi connectivity index (χ3v) is 8.50. The molecule has 2 N–H and O–H groups in total. The van der Waals surface area contributed by atoms with E-state index in [0.29, 0.717) is 11.4 Å². The summed E-state index contributed by atoms with van der Waals surface area (Å²) in [5.74, 6) is 0. The zero-order valence-electron chi connectivity index (χ0n) is 21.1. The molecule has 0 unspecified atom stereocenters. The number of unbranched alkanes of at least 4 members (excludes halogenated alkanes) is 1. The zero-order chi connectivity index (χ0) is 25.2. The van der Waals surface area contributed by atoms with Gasteiger partial charge in [0.2, 0.25) is 10.0 Å². The van der Waals surface area contributed by atoms with Crippen molar-refractivity contribution < 1.29 is 8.42 Å². The molecule has 2 aromatic carbocycles. The average molecular weight is 514 g/mol. The summed E-state index contributed by atoms with van der Waals surface area (Å²) in [6.45, 7) is 11.8. The van der Waals surface area contributed by atoms with Crippen molar-refractivity contribution in [2.75, 3.05) is 26.2 Å². The molecule has 3 aromatic rings. The Bertz CT molecular complexity index is 1320. The Morgan fingerprint density at radius 1 is 1.09 bits per heavy atom. The first-order valence-electron chi connectivity index (χ1n) is 12.3. The maximum Gasteiger partial charge on any atom is 0.240 e. The van der Waals surface area contributed by atoms with Gasteiger partial charge in [-0.1, -0.05) is 50.6 Å². The Morgan fingerprint density at radius 2 is 1.83 bits per heavy atom. The second-order valence-electron chi connectivity index (χ2n) is 10.5. The van der Waals surface area contributed by atoms with Crippen molar-refractivity contribution in [2.45, 2.75) is 57.3 Å². The molecular formula is C28H36ClN3O2S. The summed E-state index contributed by atoms with van der Waals surface area (Å²) >= 11 is 6.25. The molecule has 0 amide bonds. The van der Waals surface area contributed by atoms with Crippen LogP contribution in [0.3, 0.4) is 0 Å². The molecule has 0 atom stereocenters. The number of H-pyrrole nitrogens is 1. The van der Waals surface area contributed by atoms with Crippen LogP contribution < -0.4 is 4.72 Å². The number of aromatic nitrogens is 1. The maximum atomic E-state index is 12.6. The number of rotatable bonds is 8. The summed E-state index contributed by atoms with van der Waals surface area (Å²) in [4.78, 5) is 6.23. The van der Waals surface area contributed by atoms with Gasteiger partial charge in [-0.25, -0.2) is 13.1 Å². The van der Waals surface area contributed by atoms with Crippen LogP contribution in [-0.4, -0.2) is 44.5 Å². The molecule has 0 fully saturated rings. The number of hydrogen-bond donors (Lipinski definition) is 2. The molecule has 2 heterocycles. The largest absolute Gasteiger partial charge is 0.358 e. The third kappa shape index (κ3) is 6.18. The highest BCUT2D eigenvalue weighted by Crippen LogP contribution is 2.33. The lowest BCUT2D eigenvalue weighted by molar-refractivity contribution is 0.295. The molecule has 1 aliphatic rings. The molecule has 5 nitrogen and oxygen atoms in total. The lowest BCUT2D eigenvalue weighted by Gasteiger charge is -2.26. The van der Waals surface area contributed by atoms with E-state index >= 15 is 0 Å². The minimum absolute atomic E-state index is 0.00208. The van der Waals surface area contributed by atoms with E-state index in [2.05, 4.69) is 48.4 Å². The molecule has 0 bridgehead atoms. The van der Waals surface area contributed by atoms with Crippen LogP contribution in [0.5, 0.6) is 0 Å². The molecule has 0 saturated heterocycles. The van der Waals surface area contributed by atoms with E-state index in [1.165, 1.54) is 22.2 Å². The van der Waals surface area contributed by atoms with Crippen LogP contribution in [0.25, 0.3) is 16.5 Å². The van der Waals surface area contributed by atoms with Gasteiger partial charge in [-0.05, 0) is 79.6 Å². The Balaban J connectivity index is 1.25. The van der Waals surface area contributed by atoms with Gasteiger partial charge in [0.05, 0.1) is 4.90 Å². The molecule has 1 aliphatic heterocycles. The van der Waals surface area contributed by atoms with Gasteiger partial charge < -0.3 is 4.98 Å². The number of nitrogens with one attached hydrogen (secondary N) is 2. The van der Waals surface area contributed by atoms with Gasteiger partial charge in [0.15, 0.2) is 0 Å². The van der Waals surface area contributed by atoms with Gasteiger partial charge in [-0.15, -0.1) is 0 Å². The minimum atomic E-state index is -3.47. The summed E-state index contributed by atoms with van der Waals surface area (Å²) in [6.07, 6.45) is 5.09. The highest BCUT2D eigenvalue weighted by atomic mass is 35.5. The normalized spacial score (nSPS) is 15.5. The quantitative estimate of drug-likeness (QED) is 0.348. The molecule has 0 spiro atoms. The topological polar surface area (TPSA) is 65.2 Å². The first-order valence-corrected chi connectivity index (χ1v) is 14.2. The molecule has 4 rings (SSSR count). The van der Waals surface area contributed by atoms with E-state index in [-0.39, 0.29) is 5.41 Å². The van der Waals surface area contributed by atoms with Gasteiger partial charge in [0.25, 0.3) is 0 Å². The summed E-state index contributed by atoms with van der Waals surface area (Å²) in [5, 5.41) is 1.95. The van der Waals surface area contributed by atoms with Gasteiger partial charge >= 0.3 is 0 Å². The van der Waals surface area contributed by atoms with E-state index in [1.807, 2.05) is 30.3 Å². The highest BCUT2D eigenvalue weighted by Gasteiger charge is 2.19. The summed E-state index contributed by atoms with van der Waals surface area (Å²) in [5.41, 5.74) is 6.09. The summed E-state index contributed by atoms with van der Waals surface area (Å²) in [6, 6.07) is 13.2. The lowest BCUT2D eigenvalue weighted by Crippen LogP contribution is -2.30. The zero-order valence-corrected chi connectivity index (χ0v) is 22.7. The van der Waals surface area contributed by atoms with Crippen LogP contribution in [0, 0.1) is 6.92 Å². The van der Waals surface area contributed by atoms with Crippen molar-refractivity contribution in [1.82, 2.24) is 14.6 Å². The molecule has 0 radical (unpaired) electrons. The number of halogens is 1. The highest BCUT2D eigenvalue weighted by molar-refractivity contribution is 7.89. The molecule has 35 heavy (non-hydrogen) atoms. The number of benzene rings is 2. The van der Waals surface area contributed by atoms with Crippen molar-refractivity contribution >= 4 is 38.1 Å². The standard InChI is InChI=1S/C28H36ClN3O2S/c1-20-27(25-19-23(29)9-12-26(25)31-20)21-13-17-32(18-14-21)16-6-5-15-30-35(33,34)24-10-7-22(8-11-24)28(2,3)4/h7-13,19,30-31H,5-6,14-18H2,1-4H3. The van der Waals surface area contributed by atoms with E-state index in [1.54, 1.807) is 12.1 Å². The average Bonchev–Trinajstić information content (AvgIpc) is 3.13. The fourth-order valence-electron chi connectivity index (χ4n) is 4.74. The van der Waals surface area contributed by atoms with E-state index in [4.69, 9.17) is 11.6 Å². The van der Waals surface area contributed by atoms with Crippen LogP contribution in [-0.2, 0) is 15.4 Å². The van der Waals surface area contributed by atoms with Gasteiger partial charge in [0, 0.05) is 46.8 Å². The van der Waals surface area contributed by atoms with Crippen LogP contribution in [0.15, 0.2) is 53.4 Å². The minimum Gasteiger partial charge on any atom is -0.358 e. The fraction of sp³-hybridized carbons (Fsp3) is 0.429. The van der Waals surface area contributed by atoms with Gasteiger partial charge in [-0.3, -0.25) is 4.90 Å². The van der Waals surface area contributed by atoms with E-state index < -0.39 is 10.0 Å². The Kier molecular flexibility index (Phi) is 7.77. The predicted molar refractivity (Wildman–Crippen MR) is 147 cm³/mol. The van der Waals surface area contributed by atoms with Crippen LogP contribution in [0.1, 0.15) is 56.9 Å². The molecular weight excluding hydrogens is 478 g/mol. The Labute approximate surface area is 214 Å². The van der Waals surface area contributed by atoms with Gasteiger partial charge in [0.1, 0.15) is 0 Å². The van der Waals surface area contributed by atoms with Crippen LogP contribution >= 0.6 is 11.6 Å². The maximum absolute atomic E-state index is 12.6. The van der Waals surface area contributed by atoms with Crippen LogP contribution in [0.4, 0.5) is 0 Å². The molecule has 0 saturated carbocycles. The Hall–Kier alpha value is -2.12. The van der Waals surface area contributed by atoms with Crippen molar-refractivity contribution in [3.05, 3.63) is 70.4 Å². The number of aryl methyl sites for hydroxylation is 1. The number of aromatic amines is 1. The van der Waals surface area contributed by atoms with Crippen molar-refractivity contribution in [3.63, 3.8) is 0 Å². The number of hydrogen-bond acceptors (Lipinski definition) is 3.